The lowest BCUT2D eigenvalue weighted by atomic mass is 10.1. The van der Waals surface area contributed by atoms with E-state index in [-0.39, 0.29) is 47.5 Å². The molecule has 214 valence electrons. The average molecular weight is 579 g/mol. The van der Waals surface area contributed by atoms with Gasteiger partial charge in [0.25, 0.3) is 17.1 Å². The lowest BCUT2D eigenvalue weighted by molar-refractivity contribution is -0.119. The molecular weight excluding hydrogens is 548 g/mol. The summed E-state index contributed by atoms with van der Waals surface area (Å²) in [5.74, 6) is 0.902. The Labute approximate surface area is 240 Å². The van der Waals surface area contributed by atoms with Crippen LogP contribution in [0.25, 0.3) is 11.4 Å². The van der Waals surface area contributed by atoms with Crippen molar-refractivity contribution in [3.63, 3.8) is 0 Å². The number of hydrogen-bond donors (Lipinski definition) is 2. The summed E-state index contributed by atoms with van der Waals surface area (Å²) in [6.45, 7) is 5.65. The summed E-state index contributed by atoms with van der Waals surface area (Å²) >= 11 is -2.63. The van der Waals surface area contributed by atoms with Gasteiger partial charge in [0.1, 0.15) is 5.82 Å². The number of pyridine rings is 2. The van der Waals surface area contributed by atoms with Crippen LogP contribution < -0.4 is 23.8 Å². The van der Waals surface area contributed by atoms with Crippen LogP contribution >= 0.6 is 0 Å². The van der Waals surface area contributed by atoms with Gasteiger partial charge >= 0.3 is 0 Å². The van der Waals surface area contributed by atoms with E-state index in [1.54, 1.807) is 54.9 Å². The van der Waals surface area contributed by atoms with Crippen LogP contribution in [0.1, 0.15) is 37.9 Å². The molecule has 0 saturated carbocycles. The van der Waals surface area contributed by atoms with E-state index in [1.807, 2.05) is 19.9 Å². The third kappa shape index (κ3) is 6.94. The Hall–Kier alpha value is -4.62. The van der Waals surface area contributed by atoms with Gasteiger partial charge in [-0.3, -0.25) is 14.3 Å². The smallest absolute Gasteiger partial charge is 0.269 e. The number of amides is 1. The quantitative estimate of drug-likeness (QED) is 0.238. The van der Waals surface area contributed by atoms with Crippen molar-refractivity contribution in [1.82, 2.24) is 25.3 Å². The zero-order valence-electron chi connectivity index (χ0n) is 23.2. The first-order chi connectivity index (χ1) is 19.7. The van der Waals surface area contributed by atoms with Crippen LogP contribution in [0.5, 0.6) is 23.1 Å². The number of nitrogens with one attached hydrogen (secondary N) is 1. The van der Waals surface area contributed by atoms with Crippen molar-refractivity contribution in [1.29, 1.82) is 0 Å². The summed E-state index contributed by atoms with van der Waals surface area (Å²) in [7, 11) is 2.90. The van der Waals surface area contributed by atoms with E-state index < -0.39 is 11.3 Å². The molecule has 1 aromatic carbocycles. The number of aromatic nitrogens is 4. The molecule has 12 nitrogen and oxygen atoms in total. The maximum Gasteiger partial charge on any atom is 0.269 e. The van der Waals surface area contributed by atoms with Gasteiger partial charge in [-0.1, -0.05) is 32.0 Å². The molecular formula is C28H30N6O6S. The summed E-state index contributed by atoms with van der Waals surface area (Å²) < 4.78 is 41.6. The average Bonchev–Trinajstić information content (AvgIpc) is 2.97. The zero-order valence-corrected chi connectivity index (χ0v) is 24.0. The molecule has 2 N–H and O–H groups in total. The largest absolute Gasteiger partial charge is 0.493 e. The van der Waals surface area contributed by atoms with Gasteiger partial charge in [0, 0.05) is 24.9 Å². The van der Waals surface area contributed by atoms with E-state index in [0.717, 1.165) is 9.87 Å². The molecule has 0 aliphatic carbocycles. The maximum absolute atomic E-state index is 12.9. The van der Waals surface area contributed by atoms with Crippen LogP contribution in [0.3, 0.4) is 0 Å². The first-order valence-corrected chi connectivity index (χ1v) is 13.6. The normalized spacial score (nSPS) is 11.6. The fourth-order valence-corrected chi connectivity index (χ4v) is 4.32. The van der Waals surface area contributed by atoms with Gasteiger partial charge < -0.3 is 19.5 Å². The van der Waals surface area contributed by atoms with Crippen molar-refractivity contribution >= 4 is 28.8 Å². The van der Waals surface area contributed by atoms with Gasteiger partial charge in [-0.2, -0.15) is 9.29 Å². The van der Waals surface area contributed by atoms with Crippen LogP contribution in [0, 0.1) is 0 Å². The Morgan fingerprint density at radius 2 is 1.80 bits per heavy atom. The molecule has 0 bridgehead atoms. The molecule has 1 amide bonds. The fraction of sp³-hybridized carbons (Fsp3) is 0.250. The number of hydrogen-bond acceptors (Lipinski definition) is 9. The van der Waals surface area contributed by atoms with Crippen molar-refractivity contribution in [3.05, 3.63) is 72.2 Å². The monoisotopic (exact) mass is 578 g/mol. The highest BCUT2D eigenvalue weighted by Gasteiger charge is 2.29. The van der Waals surface area contributed by atoms with E-state index in [1.165, 1.54) is 21.1 Å². The third-order valence-electron chi connectivity index (χ3n) is 5.88. The van der Waals surface area contributed by atoms with E-state index >= 15 is 0 Å². The highest BCUT2D eigenvalue weighted by Crippen LogP contribution is 2.44. The first kappa shape index (κ1) is 29.4. The van der Waals surface area contributed by atoms with E-state index in [0.29, 0.717) is 22.8 Å². The molecule has 41 heavy (non-hydrogen) atoms. The van der Waals surface area contributed by atoms with Gasteiger partial charge in [-0.05, 0) is 41.8 Å². The van der Waals surface area contributed by atoms with Crippen LogP contribution in [0.2, 0.25) is 0 Å². The minimum atomic E-state index is -2.63. The minimum absolute atomic E-state index is 0.00891. The predicted molar refractivity (Wildman–Crippen MR) is 154 cm³/mol. The lowest BCUT2D eigenvalue weighted by Gasteiger charge is -2.23. The second-order valence-corrected chi connectivity index (χ2v) is 9.86. The molecule has 0 aliphatic rings. The topological polar surface area (TPSA) is 149 Å². The lowest BCUT2D eigenvalue weighted by Crippen LogP contribution is -2.23. The molecule has 3 aromatic heterocycles. The van der Waals surface area contributed by atoms with Crippen LogP contribution in [-0.4, -0.2) is 48.8 Å². The van der Waals surface area contributed by atoms with Gasteiger partial charge in [0.2, 0.25) is 11.7 Å². The standard InChI is InChI=1S/C28H30N6O6S/c1-17(2)20-10-11-24(31-15-20)34(41(36)37)27-25(40-23-9-7-6-8-22(23)38-4)28(39-5)33-26(32-27)19-12-13-29-21(14-19)16-30-18(3)35/h6-15,17H,16H2,1-5H3,(H,30,35)(H,36,37). The van der Waals surface area contributed by atoms with E-state index in [4.69, 9.17) is 14.2 Å². The van der Waals surface area contributed by atoms with Gasteiger partial charge in [-0.15, -0.1) is 0 Å². The number of carbonyl (C=O) groups is 1. The predicted octanol–water partition coefficient (Wildman–Crippen LogP) is 4.78. The van der Waals surface area contributed by atoms with Crippen LogP contribution in [-0.2, 0) is 22.6 Å². The SMILES string of the molecule is COc1ccccc1Oc1c(OC)nc(-c2ccnc(CNC(C)=O)c2)nc1N(c1ccc(C(C)C)cn1)S(=O)O. The Balaban J connectivity index is 1.92. The zero-order chi connectivity index (χ0) is 29.5. The number of nitrogens with zero attached hydrogens (tertiary/aromatic N) is 5. The molecule has 0 radical (unpaired) electrons. The summed E-state index contributed by atoms with van der Waals surface area (Å²) in [6.07, 6.45) is 3.19. The van der Waals surface area contributed by atoms with Crippen molar-refractivity contribution in [3.8, 4) is 34.5 Å². The van der Waals surface area contributed by atoms with Crippen LogP contribution in [0.15, 0.2) is 60.9 Å². The highest BCUT2D eigenvalue weighted by atomic mass is 32.2. The Morgan fingerprint density at radius 1 is 1.05 bits per heavy atom. The maximum atomic E-state index is 12.9. The second kappa shape index (κ2) is 13.2. The summed E-state index contributed by atoms with van der Waals surface area (Å²) in [4.78, 5) is 29.3. The minimum Gasteiger partial charge on any atom is -0.493 e. The van der Waals surface area contributed by atoms with Crippen molar-refractivity contribution in [2.45, 2.75) is 33.2 Å². The molecule has 0 saturated heterocycles. The molecule has 4 aromatic rings. The number of benzene rings is 1. The Kier molecular flexibility index (Phi) is 9.42. The number of para-hydroxylation sites is 2. The van der Waals surface area contributed by atoms with Crippen molar-refractivity contribution in [2.24, 2.45) is 0 Å². The second-order valence-electron chi connectivity index (χ2n) is 9.04. The van der Waals surface area contributed by atoms with Gasteiger partial charge in [0.15, 0.2) is 23.1 Å². The summed E-state index contributed by atoms with van der Waals surface area (Å²) in [5.41, 5.74) is 2.03. The van der Waals surface area contributed by atoms with Crippen molar-refractivity contribution in [2.75, 3.05) is 18.5 Å². The van der Waals surface area contributed by atoms with Crippen molar-refractivity contribution < 1.29 is 27.8 Å². The summed E-state index contributed by atoms with van der Waals surface area (Å²) in [5, 5.41) is 2.70. The molecule has 0 spiro atoms. The Morgan fingerprint density at radius 3 is 2.41 bits per heavy atom. The molecule has 1 unspecified atom stereocenters. The number of methoxy groups -OCH3 is 2. The summed E-state index contributed by atoms with van der Waals surface area (Å²) in [6, 6.07) is 13.7. The van der Waals surface area contributed by atoms with Crippen LogP contribution in [0.4, 0.5) is 11.6 Å². The Bertz CT molecular complexity index is 1550. The third-order valence-corrected chi connectivity index (χ3v) is 6.55. The molecule has 0 fully saturated rings. The molecule has 3 heterocycles. The molecule has 0 aliphatic heterocycles. The van der Waals surface area contributed by atoms with Gasteiger partial charge in [0.05, 0.1) is 26.5 Å². The number of rotatable bonds is 11. The van der Waals surface area contributed by atoms with Gasteiger partial charge in [-0.25, -0.2) is 14.2 Å². The number of ether oxygens (including phenoxy) is 3. The number of anilines is 2. The molecule has 13 heteroatoms. The fourth-order valence-electron chi connectivity index (χ4n) is 3.78. The first-order valence-electron chi connectivity index (χ1n) is 12.6. The highest BCUT2D eigenvalue weighted by molar-refractivity contribution is 7.81. The molecule has 1 atom stereocenters. The van der Waals surface area contributed by atoms with E-state index in [2.05, 4.69) is 25.3 Å². The number of carbonyl (C=O) groups excluding carboxylic acids is 1. The van der Waals surface area contributed by atoms with E-state index in [9.17, 15) is 13.6 Å². The molecule has 4 rings (SSSR count).